The van der Waals surface area contributed by atoms with Gasteiger partial charge in [0.1, 0.15) is 0 Å². The van der Waals surface area contributed by atoms with Crippen molar-refractivity contribution >= 4 is 0 Å². The predicted octanol–water partition coefficient (Wildman–Crippen LogP) is 4.16. The number of unbranched alkanes of at least 4 members (excludes halogenated alkanes) is 1. The number of nitrogens with one attached hydrogen (secondary N) is 1. The van der Waals surface area contributed by atoms with Crippen molar-refractivity contribution in [2.45, 2.75) is 66.3 Å². The van der Waals surface area contributed by atoms with Crippen LogP contribution in [0.4, 0.5) is 0 Å². The third-order valence-corrected chi connectivity index (χ3v) is 2.58. The lowest BCUT2D eigenvalue weighted by atomic mass is 9.90. The van der Waals surface area contributed by atoms with Crippen molar-refractivity contribution in [2.75, 3.05) is 19.8 Å². The van der Waals surface area contributed by atoms with Crippen molar-refractivity contribution in [1.29, 1.82) is 0 Å². The van der Waals surface area contributed by atoms with Crippen LogP contribution >= 0.6 is 0 Å². The molecule has 1 N–H and O–H groups in total. The van der Waals surface area contributed by atoms with E-state index in [9.17, 15) is 0 Å². The van der Waals surface area contributed by atoms with E-state index < -0.39 is 0 Å². The molecule has 0 radical (unpaired) electrons. The molecular formula is C16H33NO. The summed E-state index contributed by atoms with van der Waals surface area (Å²) in [5, 5.41) is 3.40. The largest absolute Gasteiger partial charge is 0.376 e. The summed E-state index contributed by atoms with van der Waals surface area (Å²) in [7, 11) is 0. The molecule has 0 fully saturated rings. The minimum absolute atomic E-state index is 0.187. The van der Waals surface area contributed by atoms with Gasteiger partial charge in [-0.15, -0.1) is 0 Å². The molecule has 0 saturated heterocycles. The zero-order valence-corrected chi connectivity index (χ0v) is 13.3. The summed E-state index contributed by atoms with van der Waals surface area (Å²) >= 11 is 0. The fraction of sp³-hybridized carbons (Fsp3) is 0.875. The van der Waals surface area contributed by atoms with Gasteiger partial charge in [-0.3, -0.25) is 0 Å². The summed E-state index contributed by atoms with van der Waals surface area (Å²) in [6.07, 6.45) is 8.10. The molecule has 0 amide bonds. The fourth-order valence-corrected chi connectivity index (χ4v) is 1.59. The Hall–Kier alpha value is -0.340. The van der Waals surface area contributed by atoms with E-state index in [1.54, 1.807) is 0 Å². The van der Waals surface area contributed by atoms with Gasteiger partial charge >= 0.3 is 0 Å². The maximum atomic E-state index is 5.53. The Labute approximate surface area is 114 Å². The topological polar surface area (TPSA) is 21.3 Å². The van der Waals surface area contributed by atoms with Crippen molar-refractivity contribution in [3.05, 3.63) is 12.2 Å². The highest BCUT2D eigenvalue weighted by atomic mass is 16.5. The quantitative estimate of drug-likeness (QED) is 0.519. The van der Waals surface area contributed by atoms with E-state index in [1.165, 1.54) is 19.3 Å². The molecular weight excluding hydrogens is 222 g/mol. The number of hydrogen-bond acceptors (Lipinski definition) is 2. The van der Waals surface area contributed by atoms with E-state index in [0.29, 0.717) is 5.41 Å². The smallest absolute Gasteiger partial charge is 0.0648 e. The van der Waals surface area contributed by atoms with Crippen molar-refractivity contribution in [1.82, 2.24) is 5.32 Å². The zero-order valence-electron chi connectivity index (χ0n) is 13.3. The van der Waals surface area contributed by atoms with Crippen LogP contribution in [0.3, 0.4) is 0 Å². The van der Waals surface area contributed by atoms with Crippen LogP contribution < -0.4 is 5.32 Å². The van der Waals surface area contributed by atoms with Crippen molar-refractivity contribution < 1.29 is 4.74 Å². The first-order valence-electron chi connectivity index (χ1n) is 7.18. The highest BCUT2D eigenvalue weighted by Crippen LogP contribution is 2.21. The molecule has 0 spiro atoms. The number of allylic oxidation sites excluding steroid dienone is 1. The Morgan fingerprint density at radius 3 is 2.22 bits per heavy atom. The first kappa shape index (κ1) is 17.7. The summed E-state index contributed by atoms with van der Waals surface area (Å²) in [6, 6.07) is 0. The Bertz CT molecular complexity index is 220. The summed E-state index contributed by atoms with van der Waals surface area (Å²) < 4.78 is 5.53. The summed E-state index contributed by atoms with van der Waals surface area (Å²) in [5.41, 5.74) is 0.648. The second kappa shape index (κ2) is 8.71. The minimum Gasteiger partial charge on any atom is -0.376 e. The second-order valence-corrected chi connectivity index (χ2v) is 7.18. The molecule has 0 aliphatic rings. The van der Waals surface area contributed by atoms with Gasteiger partial charge in [0.2, 0.25) is 0 Å². The maximum absolute atomic E-state index is 5.53. The van der Waals surface area contributed by atoms with E-state index in [-0.39, 0.29) is 5.54 Å². The molecule has 0 heterocycles. The average Bonchev–Trinajstić information content (AvgIpc) is 2.17. The van der Waals surface area contributed by atoms with Crippen LogP contribution in [-0.2, 0) is 4.74 Å². The fourth-order valence-electron chi connectivity index (χ4n) is 1.59. The molecule has 0 unspecified atom stereocenters. The normalized spacial score (nSPS) is 13.4. The summed E-state index contributed by atoms with van der Waals surface area (Å²) in [6.45, 7) is 15.8. The van der Waals surface area contributed by atoms with E-state index in [2.05, 4.69) is 59.0 Å². The highest BCUT2D eigenvalue weighted by molar-refractivity contribution is 4.82. The number of ether oxygens (including phenoxy) is 1. The van der Waals surface area contributed by atoms with Gasteiger partial charge in [-0.05, 0) is 45.4 Å². The van der Waals surface area contributed by atoms with E-state index in [0.717, 1.165) is 19.8 Å². The van der Waals surface area contributed by atoms with Gasteiger partial charge in [0.15, 0.2) is 0 Å². The second-order valence-electron chi connectivity index (χ2n) is 7.18. The molecule has 0 rings (SSSR count). The van der Waals surface area contributed by atoms with Crippen molar-refractivity contribution in [3.63, 3.8) is 0 Å². The lowest BCUT2D eigenvalue weighted by molar-refractivity contribution is 0.157. The van der Waals surface area contributed by atoms with Crippen molar-refractivity contribution in [3.8, 4) is 0 Å². The molecule has 0 aromatic rings. The van der Waals surface area contributed by atoms with E-state index in [4.69, 9.17) is 4.74 Å². The molecule has 0 aromatic heterocycles. The molecule has 2 nitrogen and oxygen atoms in total. The average molecular weight is 255 g/mol. The van der Waals surface area contributed by atoms with Crippen LogP contribution in [0.2, 0.25) is 0 Å². The maximum Gasteiger partial charge on any atom is 0.0648 e. The molecule has 2 heteroatoms. The predicted molar refractivity (Wildman–Crippen MR) is 81.0 cm³/mol. The van der Waals surface area contributed by atoms with Gasteiger partial charge in [-0.2, -0.15) is 0 Å². The summed E-state index contributed by atoms with van der Waals surface area (Å²) in [5.74, 6) is 0. The third kappa shape index (κ3) is 15.7. The highest BCUT2D eigenvalue weighted by Gasteiger charge is 2.08. The molecule has 0 aliphatic carbocycles. The molecule has 0 bridgehead atoms. The Balaban J connectivity index is 3.29. The Morgan fingerprint density at radius 1 is 1.00 bits per heavy atom. The molecule has 0 aromatic carbocycles. The van der Waals surface area contributed by atoms with E-state index >= 15 is 0 Å². The van der Waals surface area contributed by atoms with Gasteiger partial charge < -0.3 is 10.1 Å². The Morgan fingerprint density at radius 2 is 1.67 bits per heavy atom. The first-order chi connectivity index (χ1) is 8.21. The van der Waals surface area contributed by atoms with Gasteiger partial charge in [0.25, 0.3) is 0 Å². The first-order valence-corrected chi connectivity index (χ1v) is 7.18. The summed E-state index contributed by atoms with van der Waals surface area (Å²) in [4.78, 5) is 0. The minimum atomic E-state index is 0.187. The van der Waals surface area contributed by atoms with Crippen LogP contribution in [0.15, 0.2) is 12.2 Å². The molecule has 0 saturated carbocycles. The molecule has 108 valence electrons. The van der Waals surface area contributed by atoms with Gasteiger partial charge in [0, 0.05) is 12.1 Å². The number of rotatable bonds is 8. The molecule has 18 heavy (non-hydrogen) atoms. The van der Waals surface area contributed by atoms with Crippen molar-refractivity contribution in [2.24, 2.45) is 5.41 Å². The van der Waals surface area contributed by atoms with Gasteiger partial charge in [-0.25, -0.2) is 0 Å². The van der Waals surface area contributed by atoms with Gasteiger partial charge in [0.05, 0.1) is 13.2 Å². The van der Waals surface area contributed by atoms with Crippen LogP contribution in [-0.4, -0.2) is 25.3 Å². The monoisotopic (exact) mass is 255 g/mol. The Kier molecular flexibility index (Phi) is 8.54. The van der Waals surface area contributed by atoms with Crippen LogP contribution in [0.1, 0.15) is 60.8 Å². The molecule has 0 aliphatic heterocycles. The third-order valence-electron chi connectivity index (χ3n) is 2.58. The standard InChI is InChI=1S/C16H33NO/c1-15(2,3)11-9-7-8-10-13-18-14-12-17-16(4,5)6/h8,10,17H,7,9,11-14H2,1-6H3/b10-8-. The van der Waals surface area contributed by atoms with E-state index in [1.807, 2.05) is 0 Å². The SMILES string of the molecule is CC(C)(C)CCC/C=C\COCCNC(C)(C)C. The van der Waals surface area contributed by atoms with Crippen LogP contribution in [0.25, 0.3) is 0 Å². The van der Waals surface area contributed by atoms with Crippen LogP contribution in [0, 0.1) is 5.41 Å². The lowest BCUT2D eigenvalue weighted by Gasteiger charge is -2.20. The van der Waals surface area contributed by atoms with Crippen LogP contribution in [0.5, 0.6) is 0 Å². The lowest BCUT2D eigenvalue weighted by Crippen LogP contribution is -2.37. The zero-order chi connectivity index (χ0) is 14.1. The number of hydrogen-bond donors (Lipinski definition) is 1. The molecule has 0 atom stereocenters. The van der Waals surface area contributed by atoms with Gasteiger partial charge in [-0.1, -0.05) is 32.9 Å².